The van der Waals surface area contributed by atoms with Crippen molar-refractivity contribution in [2.45, 2.75) is 6.92 Å². The Balaban J connectivity index is 2.35. The molecule has 0 saturated heterocycles. The highest BCUT2D eigenvalue weighted by molar-refractivity contribution is 5.83. The molecule has 0 fully saturated rings. The molecule has 0 bridgehead atoms. The van der Waals surface area contributed by atoms with Crippen LogP contribution in [0.3, 0.4) is 0 Å². The first-order chi connectivity index (χ1) is 6.86. The quantitative estimate of drug-likeness (QED) is 0.495. The van der Waals surface area contributed by atoms with Gasteiger partial charge in [-0.15, -0.1) is 0 Å². The van der Waals surface area contributed by atoms with Crippen LogP contribution in [0.25, 0.3) is 11.1 Å². The van der Waals surface area contributed by atoms with Crippen LogP contribution >= 0.6 is 0 Å². The third-order valence-electron chi connectivity index (χ3n) is 2.85. The summed E-state index contributed by atoms with van der Waals surface area (Å²) >= 11 is 0. The molecule has 1 aliphatic rings. The smallest absolute Gasteiger partial charge is 0.0212 e. The molecule has 2 aromatic carbocycles. The van der Waals surface area contributed by atoms with Crippen molar-refractivity contribution in [1.82, 2.24) is 0 Å². The van der Waals surface area contributed by atoms with Gasteiger partial charge in [-0.25, -0.2) is 0 Å². The average molecular weight is 179 g/mol. The summed E-state index contributed by atoms with van der Waals surface area (Å²) in [6, 6.07) is 15.1. The molecule has 0 heteroatoms. The Hall–Kier alpha value is -1.56. The Morgan fingerprint density at radius 2 is 1.57 bits per heavy atom. The zero-order valence-electron chi connectivity index (χ0n) is 8.12. The van der Waals surface area contributed by atoms with E-state index in [-0.39, 0.29) is 0 Å². The summed E-state index contributed by atoms with van der Waals surface area (Å²) < 4.78 is 0. The van der Waals surface area contributed by atoms with E-state index in [0.717, 1.165) is 0 Å². The highest BCUT2D eigenvalue weighted by Gasteiger charge is 2.18. The van der Waals surface area contributed by atoms with E-state index in [0.29, 0.717) is 0 Å². The monoisotopic (exact) mass is 179 g/mol. The van der Waals surface area contributed by atoms with Crippen molar-refractivity contribution in [3.63, 3.8) is 0 Å². The van der Waals surface area contributed by atoms with Crippen LogP contribution in [0.2, 0.25) is 0 Å². The van der Waals surface area contributed by atoms with Crippen molar-refractivity contribution in [2.75, 3.05) is 0 Å². The first-order valence-corrected chi connectivity index (χ1v) is 4.90. The van der Waals surface area contributed by atoms with Crippen molar-refractivity contribution in [1.29, 1.82) is 0 Å². The lowest BCUT2D eigenvalue weighted by molar-refractivity contribution is 1.45. The third kappa shape index (κ3) is 0.941. The molecule has 14 heavy (non-hydrogen) atoms. The molecule has 0 N–H and O–H groups in total. The van der Waals surface area contributed by atoms with Crippen LogP contribution in [0.1, 0.15) is 16.7 Å². The second-order valence-corrected chi connectivity index (χ2v) is 3.77. The fraction of sp³-hybridized carbons (Fsp3) is 0.0714. The maximum Gasteiger partial charge on any atom is 0.0212 e. The number of rotatable bonds is 0. The Labute approximate surface area is 84.2 Å². The van der Waals surface area contributed by atoms with Gasteiger partial charge in [0, 0.05) is 6.42 Å². The van der Waals surface area contributed by atoms with Crippen LogP contribution in [0.5, 0.6) is 0 Å². The van der Waals surface area contributed by atoms with Gasteiger partial charge in [-0.3, -0.25) is 0 Å². The van der Waals surface area contributed by atoms with Crippen LogP contribution in [0, 0.1) is 13.3 Å². The number of hydrogen-bond acceptors (Lipinski definition) is 0. The lowest BCUT2D eigenvalue weighted by Gasteiger charge is -2.03. The van der Waals surface area contributed by atoms with Crippen LogP contribution in [-0.4, -0.2) is 0 Å². The molecule has 0 unspecified atom stereocenters. The number of hydrogen-bond donors (Lipinski definition) is 0. The molecular weight excluding hydrogens is 168 g/mol. The Kier molecular flexibility index (Phi) is 1.51. The van der Waals surface area contributed by atoms with Crippen molar-refractivity contribution in [3.05, 3.63) is 65.6 Å². The fourth-order valence-corrected chi connectivity index (χ4v) is 2.20. The van der Waals surface area contributed by atoms with Gasteiger partial charge in [0.25, 0.3) is 0 Å². The van der Waals surface area contributed by atoms with Gasteiger partial charge in [0.2, 0.25) is 0 Å². The minimum atomic E-state index is 1.34. The zero-order valence-corrected chi connectivity index (χ0v) is 8.12. The van der Waals surface area contributed by atoms with Crippen molar-refractivity contribution < 1.29 is 0 Å². The third-order valence-corrected chi connectivity index (χ3v) is 2.85. The Morgan fingerprint density at radius 3 is 2.50 bits per heavy atom. The lowest BCUT2D eigenvalue weighted by atomic mass is 10.0. The van der Waals surface area contributed by atoms with E-state index in [1.165, 1.54) is 27.8 Å². The van der Waals surface area contributed by atoms with Gasteiger partial charge >= 0.3 is 0 Å². The summed E-state index contributed by atoms with van der Waals surface area (Å²) in [7, 11) is 0. The van der Waals surface area contributed by atoms with Gasteiger partial charge in [0.05, 0.1) is 0 Å². The van der Waals surface area contributed by atoms with E-state index >= 15 is 0 Å². The fourth-order valence-electron chi connectivity index (χ4n) is 2.20. The molecule has 0 amide bonds. The topological polar surface area (TPSA) is 0 Å². The minimum absolute atomic E-state index is 1.34. The number of benzene rings is 2. The van der Waals surface area contributed by atoms with E-state index < -0.39 is 0 Å². The second-order valence-electron chi connectivity index (χ2n) is 3.77. The van der Waals surface area contributed by atoms with Crippen molar-refractivity contribution in [3.8, 4) is 11.1 Å². The van der Waals surface area contributed by atoms with E-state index in [1.54, 1.807) is 0 Å². The largest absolute Gasteiger partial charge is 0.0619 e. The molecule has 0 aromatic heterocycles. The molecular formula is C14H11. The molecule has 1 radical (unpaired) electrons. The predicted octanol–water partition coefficient (Wildman–Crippen LogP) is 3.58. The van der Waals surface area contributed by atoms with E-state index in [9.17, 15) is 0 Å². The second kappa shape index (κ2) is 2.71. The summed E-state index contributed by atoms with van der Waals surface area (Å²) in [5, 5.41) is 0. The molecule has 67 valence electrons. The standard InChI is InChI=1S/C14H11/c1-10-5-4-7-12-9-11-6-2-3-8-13(11)14(10)12/h2-9H,1H3. The zero-order chi connectivity index (χ0) is 9.54. The molecule has 0 atom stereocenters. The predicted molar refractivity (Wildman–Crippen MR) is 59.1 cm³/mol. The average Bonchev–Trinajstić information content (AvgIpc) is 2.57. The van der Waals surface area contributed by atoms with Gasteiger partial charge in [0.1, 0.15) is 0 Å². The van der Waals surface area contributed by atoms with Crippen molar-refractivity contribution in [2.24, 2.45) is 0 Å². The Bertz CT molecular complexity index is 495. The summed E-state index contributed by atoms with van der Waals surface area (Å²) in [6.45, 7) is 2.18. The first kappa shape index (κ1) is 7.81. The molecule has 0 heterocycles. The van der Waals surface area contributed by atoms with Crippen molar-refractivity contribution >= 4 is 0 Å². The molecule has 0 nitrogen and oxygen atoms in total. The van der Waals surface area contributed by atoms with E-state index in [2.05, 4.69) is 55.8 Å². The Morgan fingerprint density at radius 1 is 0.786 bits per heavy atom. The normalized spacial score (nSPS) is 12.4. The highest BCUT2D eigenvalue weighted by atomic mass is 14.2. The number of aryl methyl sites for hydroxylation is 1. The minimum Gasteiger partial charge on any atom is -0.0619 e. The van der Waals surface area contributed by atoms with Crippen LogP contribution in [-0.2, 0) is 0 Å². The van der Waals surface area contributed by atoms with Crippen LogP contribution < -0.4 is 0 Å². The molecule has 2 aromatic rings. The summed E-state index contributed by atoms with van der Waals surface area (Å²) in [6.07, 6.45) is 2.26. The van der Waals surface area contributed by atoms with Gasteiger partial charge < -0.3 is 0 Å². The molecule has 0 aliphatic heterocycles. The SMILES string of the molecule is Cc1cccc2c1-c1ccccc1[CH]2. The molecule has 0 spiro atoms. The van der Waals surface area contributed by atoms with E-state index in [1.807, 2.05) is 0 Å². The molecule has 1 aliphatic carbocycles. The van der Waals surface area contributed by atoms with Gasteiger partial charge in [-0.1, -0.05) is 42.5 Å². The molecule has 3 rings (SSSR count). The molecule has 0 saturated carbocycles. The first-order valence-electron chi connectivity index (χ1n) is 4.90. The number of fused-ring (bicyclic) bond motifs is 3. The maximum atomic E-state index is 2.26. The highest BCUT2D eigenvalue weighted by Crippen LogP contribution is 2.39. The summed E-state index contributed by atoms with van der Waals surface area (Å²) in [5.74, 6) is 0. The van der Waals surface area contributed by atoms with Gasteiger partial charge in [-0.05, 0) is 34.7 Å². The lowest BCUT2D eigenvalue weighted by Crippen LogP contribution is -1.81. The van der Waals surface area contributed by atoms with Gasteiger partial charge in [-0.2, -0.15) is 0 Å². The summed E-state index contributed by atoms with van der Waals surface area (Å²) in [5.41, 5.74) is 6.84. The summed E-state index contributed by atoms with van der Waals surface area (Å²) in [4.78, 5) is 0. The van der Waals surface area contributed by atoms with Crippen LogP contribution in [0.4, 0.5) is 0 Å². The maximum absolute atomic E-state index is 2.26. The van der Waals surface area contributed by atoms with E-state index in [4.69, 9.17) is 0 Å². The van der Waals surface area contributed by atoms with Gasteiger partial charge in [0.15, 0.2) is 0 Å². The van der Waals surface area contributed by atoms with Crippen LogP contribution in [0.15, 0.2) is 42.5 Å².